The lowest BCUT2D eigenvalue weighted by Crippen LogP contribution is -2.21. The van der Waals surface area contributed by atoms with Crippen molar-refractivity contribution in [3.05, 3.63) is 21.3 Å². The molecule has 1 fully saturated rings. The first-order valence-electron chi connectivity index (χ1n) is 6.40. The molecular formula is C13H20ClNOS. The molecule has 0 spiro atoms. The number of hydrogen-bond donors (Lipinski definition) is 1. The standard InChI is InChI=1S/C13H20ClNOS/c14-13-8-7-12(17-13)11(9-15)16-10-5-3-1-2-4-6-10/h7-8,10-11H,1-6,9,15H2. The van der Waals surface area contributed by atoms with Gasteiger partial charge < -0.3 is 10.5 Å². The van der Waals surface area contributed by atoms with Crippen molar-refractivity contribution in [3.63, 3.8) is 0 Å². The maximum absolute atomic E-state index is 6.15. The van der Waals surface area contributed by atoms with Gasteiger partial charge in [0.15, 0.2) is 0 Å². The fourth-order valence-corrected chi connectivity index (χ4v) is 3.46. The van der Waals surface area contributed by atoms with Crippen molar-refractivity contribution >= 4 is 22.9 Å². The molecule has 96 valence electrons. The highest BCUT2D eigenvalue weighted by Gasteiger charge is 2.19. The van der Waals surface area contributed by atoms with Gasteiger partial charge in [-0.1, -0.05) is 37.3 Å². The van der Waals surface area contributed by atoms with Crippen molar-refractivity contribution in [2.45, 2.75) is 50.7 Å². The van der Waals surface area contributed by atoms with Gasteiger partial charge in [0.05, 0.1) is 10.4 Å². The van der Waals surface area contributed by atoms with Crippen LogP contribution >= 0.6 is 22.9 Å². The molecule has 0 aliphatic heterocycles. The van der Waals surface area contributed by atoms with E-state index in [1.165, 1.54) is 38.5 Å². The van der Waals surface area contributed by atoms with E-state index in [-0.39, 0.29) is 6.10 Å². The van der Waals surface area contributed by atoms with Crippen molar-refractivity contribution in [2.75, 3.05) is 6.54 Å². The van der Waals surface area contributed by atoms with Crippen LogP contribution in [0.1, 0.15) is 49.5 Å². The largest absolute Gasteiger partial charge is 0.368 e. The summed E-state index contributed by atoms with van der Waals surface area (Å²) >= 11 is 7.53. The van der Waals surface area contributed by atoms with Gasteiger partial charge >= 0.3 is 0 Å². The van der Waals surface area contributed by atoms with E-state index in [4.69, 9.17) is 22.1 Å². The van der Waals surface area contributed by atoms with Crippen molar-refractivity contribution in [1.29, 1.82) is 0 Å². The van der Waals surface area contributed by atoms with E-state index in [1.54, 1.807) is 11.3 Å². The molecule has 1 saturated carbocycles. The second kappa shape index (κ2) is 6.74. The lowest BCUT2D eigenvalue weighted by Gasteiger charge is -2.22. The van der Waals surface area contributed by atoms with E-state index < -0.39 is 0 Å². The molecule has 0 bridgehead atoms. The van der Waals surface area contributed by atoms with Gasteiger partial charge in [-0.2, -0.15) is 0 Å². The minimum absolute atomic E-state index is 0.0237. The monoisotopic (exact) mass is 273 g/mol. The number of hydrogen-bond acceptors (Lipinski definition) is 3. The summed E-state index contributed by atoms with van der Waals surface area (Å²) in [4.78, 5) is 1.15. The number of nitrogens with two attached hydrogens (primary N) is 1. The molecule has 17 heavy (non-hydrogen) atoms. The summed E-state index contributed by atoms with van der Waals surface area (Å²) in [5.41, 5.74) is 5.81. The van der Waals surface area contributed by atoms with Crippen molar-refractivity contribution in [1.82, 2.24) is 0 Å². The van der Waals surface area contributed by atoms with Gasteiger partial charge in [0.25, 0.3) is 0 Å². The Balaban J connectivity index is 1.94. The first-order chi connectivity index (χ1) is 8.29. The highest BCUT2D eigenvalue weighted by atomic mass is 35.5. The Labute approximate surface area is 112 Å². The third kappa shape index (κ3) is 3.95. The van der Waals surface area contributed by atoms with E-state index >= 15 is 0 Å². The van der Waals surface area contributed by atoms with Crippen LogP contribution in [0.2, 0.25) is 4.34 Å². The quantitative estimate of drug-likeness (QED) is 0.837. The maximum atomic E-state index is 6.15. The molecule has 2 rings (SSSR count). The molecule has 1 aliphatic rings. The molecule has 0 radical (unpaired) electrons. The Hall–Kier alpha value is -0.0900. The van der Waals surface area contributed by atoms with Crippen LogP contribution in [0.3, 0.4) is 0 Å². The van der Waals surface area contributed by atoms with Gasteiger partial charge in [-0.05, 0) is 25.0 Å². The molecule has 0 saturated heterocycles. The van der Waals surface area contributed by atoms with Crippen molar-refractivity contribution in [2.24, 2.45) is 5.73 Å². The summed E-state index contributed by atoms with van der Waals surface area (Å²) in [7, 11) is 0. The van der Waals surface area contributed by atoms with E-state index in [9.17, 15) is 0 Å². The zero-order valence-corrected chi connectivity index (χ0v) is 11.6. The second-order valence-electron chi connectivity index (χ2n) is 4.62. The Morgan fingerprint density at radius 3 is 2.53 bits per heavy atom. The van der Waals surface area contributed by atoms with Crippen LogP contribution in [0.15, 0.2) is 12.1 Å². The molecule has 1 unspecified atom stereocenters. The number of halogens is 1. The van der Waals surface area contributed by atoms with Crippen LogP contribution in [0.25, 0.3) is 0 Å². The van der Waals surface area contributed by atoms with Gasteiger partial charge in [-0.3, -0.25) is 0 Å². The zero-order chi connectivity index (χ0) is 12.1. The smallest absolute Gasteiger partial charge is 0.104 e. The predicted octanol–water partition coefficient (Wildman–Crippen LogP) is 4.14. The van der Waals surface area contributed by atoms with Gasteiger partial charge in [-0.25, -0.2) is 0 Å². The first-order valence-corrected chi connectivity index (χ1v) is 7.60. The van der Waals surface area contributed by atoms with Crippen LogP contribution in [0, 0.1) is 0 Å². The van der Waals surface area contributed by atoms with Gasteiger partial charge in [0.2, 0.25) is 0 Å². The molecule has 1 atom stereocenters. The van der Waals surface area contributed by atoms with Crippen LogP contribution in [0.5, 0.6) is 0 Å². The topological polar surface area (TPSA) is 35.2 Å². The molecule has 1 aliphatic carbocycles. The van der Waals surface area contributed by atoms with E-state index in [1.807, 2.05) is 12.1 Å². The summed E-state index contributed by atoms with van der Waals surface area (Å²) in [5, 5.41) is 0. The molecule has 4 heteroatoms. The third-order valence-electron chi connectivity index (χ3n) is 3.28. The summed E-state index contributed by atoms with van der Waals surface area (Å²) < 4.78 is 6.95. The molecule has 1 aromatic heterocycles. The highest BCUT2D eigenvalue weighted by molar-refractivity contribution is 7.16. The minimum Gasteiger partial charge on any atom is -0.368 e. The van der Waals surface area contributed by atoms with Gasteiger partial charge in [0, 0.05) is 11.4 Å². The summed E-state index contributed by atoms with van der Waals surface area (Å²) in [6.07, 6.45) is 8.02. The average Bonchev–Trinajstić information content (AvgIpc) is 2.62. The number of rotatable bonds is 4. The lowest BCUT2D eigenvalue weighted by molar-refractivity contribution is -0.0143. The summed E-state index contributed by atoms with van der Waals surface area (Å²) in [6.45, 7) is 0.535. The molecule has 1 heterocycles. The molecule has 1 aromatic rings. The average molecular weight is 274 g/mol. The Kier molecular flexibility index (Phi) is 5.29. The van der Waals surface area contributed by atoms with E-state index in [0.717, 1.165) is 9.21 Å². The van der Waals surface area contributed by atoms with Gasteiger partial charge in [-0.15, -0.1) is 11.3 Å². The van der Waals surface area contributed by atoms with Crippen molar-refractivity contribution in [3.8, 4) is 0 Å². The van der Waals surface area contributed by atoms with Gasteiger partial charge in [0.1, 0.15) is 6.10 Å². The molecule has 0 aromatic carbocycles. The number of ether oxygens (including phenoxy) is 1. The normalized spacial score (nSPS) is 20.1. The summed E-state index contributed by atoms with van der Waals surface area (Å²) in [6, 6.07) is 3.95. The highest BCUT2D eigenvalue weighted by Crippen LogP contribution is 2.31. The predicted molar refractivity (Wildman–Crippen MR) is 73.7 cm³/mol. The maximum Gasteiger partial charge on any atom is 0.104 e. The zero-order valence-electron chi connectivity index (χ0n) is 10.0. The second-order valence-corrected chi connectivity index (χ2v) is 6.36. The Bertz CT molecular complexity index is 334. The van der Waals surface area contributed by atoms with Crippen molar-refractivity contribution < 1.29 is 4.74 Å². The fraction of sp³-hybridized carbons (Fsp3) is 0.692. The van der Waals surface area contributed by atoms with E-state index in [0.29, 0.717) is 12.6 Å². The van der Waals surface area contributed by atoms with Crippen LogP contribution in [0.4, 0.5) is 0 Å². The third-order valence-corrected chi connectivity index (χ3v) is 4.61. The molecule has 2 nitrogen and oxygen atoms in total. The molecular weight excluding hydrogens is 254 g/mol. The molecule has 2 N–H and O–H groups in total. The van der Waals surface area contributed by atoms with Crippen LogP contribution < -0.4 is 5.73 Å². The fourth-order valence-electron chi connectivity index (χ4n) is 2.35. The first kappa shape index (κ1) is 13.3. The van der Waals surface area contributed by atoms with Crippen LogP contribution in [-0.2, 0) is 4.74 Å². The Morgan fingerprint density at radius 2 is 2.00 bits per heavy atom. The lowest BCUT2D eigenvalue weighted by atomic mass is 10.1. The Morgan fingerprint density at radius 1 is 1.29 bits per heavy atom. The SMILES string of the molecule is NCC(OC1CCCCCC1)c1ccc(Cl)s1. The molecule has 0 amide bonds. The minimum atomic E-state index is 0.0237. The summed E-state index contributed by atoms with van der Waals surface area (Å²) in [5.74, 6) is 0. The number of thiophene rings is 1. The van der Waals surface area contributed by atoms with Crippen LogP contribution in [-0.4, -0.2) is 12.6 Å². The van der Waals surface area contributed by atoms with E-state index in [2.05, 4.69) is 0 Å².